The Kier molecular flexibility index (Phi) is 5.59. The maximum atomic E-state index is 11.4. The summed E-state index contributed by atoms with van der Waals surface area (Å²) in [5.74, 6) is 0.757. The third kappa shape index (κ3) is 4.62. The average Bonchev–Trinajstić information content (AvgIpc) is 3.47. The van der Waals surface area contributed by atoms with Crippen LogP contribution < -0.4 is 5.32 Å². The van der Waals surface area contributed by atoms with Gasteiger partial charge in [0.1, 0.15) is 6.04 Å². The zero-order chi connectivity index (χ0) is 22.6. The topological polar surface area (TPSA) is 104 Å². The number of nitrogens with one attached hydrogen (secondary N) is 2. The number of H-pyrrole nitrogens is 1. The molecule has 7 heteroatoms. The Hall–Kier alpha value is -4.39. The van der Waals surface area contributed by atoms with E-state index in [1.807, 2.05) is 60.8 Å². The van der Waals surface area contributed by atoms with Crippen LogP contribution in [0.15, 0.2) is 89.6 Å². The zero-order valence-electron chi connectivity index (χ0n) is 17.7. The number of carbonyl (C=O) groups is 1. The lowest BCUT2D eigenvalue weighted by molar-refractivity contribution is 0.186. The molecule has 5 rings (SSSR count). The molecule has 164 valence electrons. The van der Waals surface area contributed by atoms with Crippen LogP contribution in [0.4, 0.5) is 4.79 Å². The number of amides is 1. The van der Waals surface area contributed by atoms with Crippen molar-refractivity contribution in [2.45, 2.75) is 18.9 Å². The Bertz CT molecular complexity index is 1370. The summed E-state index contributed by atoms with van der Waals surface area (Å²) in [6.45, 7) is 0. The lowest BCUT2D eigenvalue weighted by Crippen LogP contribution is -2.28. The van der Waals surface area contributed by atoms with E-state index in [-0.39, 0.29) is 5.89 Å². The summed E-state index contributed by atoms with van der Waals surface area (Å²) in [7, 11) is 0. The van der Waals surface area contributed by atoms with Crippen molar-refractivity contribution in [3.05, 3.63) is 108 Å². The first-order valence-corrected chi connectivity index (χ1v) is 10.7. The van der Waals surface area contributed by atoms with Gasteiger partial charge in [0.25, 0.3) is 0 Å². The second kappa shape index (κ2) is 9.00. The number of nitrogens with zero attached hydrogens (tertiary/aromatic N) is 2. The van der Waals surface area contributed by atoms with Gasteiger partial charge in [0.05, 0.1) is 0 Å². The van der Waals surface area contributed by atoms with Gasteiger partial charge in [-0.2, -0.15) is 4.98 Å². The standard InChI is InChI=1S/C26H22N4O3/c31-26(32)28-23(15-20-16-27-22-9-5-4-8-21(20)22)25-29-24(30-33-25)14-17-10-12-19(13-11-17)18-6-2-1-3-7-18/h1-13,16,23,27-28H,14-15H2,(H,31,32). The van der Waals surface area contributed by atoms with Crippen molar-refractivity contribution in [2.75, 3.05) is 0 Å². The molecule has 0 spiro atoms. The van der Waals surface area contributed by atoms with Gasteiger partial charge >= 0.3 is 6.09 Å². The molecule has 7 nitrogen and oxygen atoms in total. The summed E-state index contributed by atoms with van der Waals surface area (Å²) < 4.78 is 5.46. The molecule has 0 bridgehead atoms. The monoisotopic (exact) mass is 438 g/mol. The quantitative estimate of drug-likeness (QED) is 0.317. The second-order valence-electron chi connectivity index (χ2n) is 7.85. The fourth-order valence-electron chi connectivity index (χ4n) is 3.98. The van der Waals surface area contributed by atoms with E-state index < -0.39 is 12.1 Å². The van der Waals surface area contributed by atoms with Crippen LogP contribution in [0.1, 0.15) is 28.9 Å². The van der Waals surface area contributed by atoms with E-state index in [1.54, 1.807) is 0 Å². The largest absolute Gasteiger partial charge is 0.465 e. The molecular weight excluding hydrogens is 416 g/mol. The molecule has 0 aliphatic heterocycles. The fraction of sp³-hybridized carbons (Fsp3) is 0.115. The minimum absolute atomic E-state index is 0.249. The maximum Gasteiger partial charge on any atom is 0.405 e. The molecule has 0 saturated heterocycles. The van der Waals surface area contributed by atoms with Crippen LogP contribution >= 0.6 is 0 Å². The first-order valence-electron chi connectivity index (χ1n) is 10.7. The summed E-state index contributed by atoms with van der Waals surface area (Å²) in [6.07, 6.45) is 1.62. The molecule has 1 unspecified atom stereocenters. The molecular formula is C26H22N4O3. The first-order chi connectivity index (χ1) is 16.2. The number of aromatic amines is 1. The van der Waals surface area contributed by atoms with Crippen LogP contribution in [-0.4, -0.2) is 26.3 Å². The molecule has 0 fully saturated rings. The summed E-state index contributed by atoms with van der Waals surface area (Å²) in [4.78, 5) is 19.1. The number of carboxylic acid groups (broad SMARTS) is 1. The van der Waals surface area contributed by atoms with Gasteiger partial charge in [-0.05, 0) is 28.3 Å². The van der Waals surface area contributed by atoms with Crippen LogP contribution in [0.25, 0.3) is 22.0 Å². The summed E-state index contributed by atoms with van der Waals surface area (Å²) >= 11 is 0. The van der Waals surface area contributed by atoms with E-state index in [4.69, 9.17) is 4.52 Å². The van der Waals surface area contributed by atoms with Crippen molar-refractivity contribution in [3.63, 3.8) is 0 Å². The van der Waals surface area contributed by atoms with Crippen LogP contribution in [0.2, 0.25) is 0 Å². The third-order valence-electron chi connectivity index (χ3n) is 5.60. The Morgan fingerprint density at radius 2 is 1.70 bits per heavy atom. The number of para-hydroxylation sites is 1. The number of benzene rings is 3. The Balaban J connectivity index is 1.33. The van der Waals surface area contributed by atoms with Gasteiger partial charge in [-0.15, -0.1) is 0 Å². The molecule has 0 saturated carbocycles. The molecule has 0 radical (unpaired) electrons. The van der Waals surface area contributed by atoms with Gasteiger partial charge in [0, 0.05) is 29.9 Å². The smallest absolute Gasteiger partial charge is 0.405 e. The second-order valence-corrected chi connectivity index (χ2v) is 7.85. The maximum absolute atomic E-state index is 11.4. The Labute approximate surface area is 190 Å². The van der Waals surface area contributed by atoms with Crippen LogP contribution in [0.3, 0.4) is 0 Å². The van der Waals surface area contributed by atoms with E-state index in [0.717, 1.165) is 33.2 Å². The van der Waals surface area contributed by atoms with Crippen LogP contribution in [-0.2, 0) is 12.8 Å². The van der Waals surface area contributed by atoms with E-state index in [2.05, 4.69) is 44.7 Å². The van der Waals surface area contributed by atoms with Crippen LogP contribution in [0.5, 0.6) is 0 Å². The molecule has 5 aromatic rings. The lowest BCUT2D eigenvalue weighted by atomic mass is 10.0. The molecule has 2 heterocycles. The van der Waals surface area contributed by atoms with E-state index in [0.29, 0.717) is 18.7 Å². The average molecular weight is 438 g/mol. The third-order valence-corrected chi connectivity index (χ3v) is 5.60. The number of rotatable bonds is 7. The normalized spacial score (nSPS) is 12.0. The number of aromatic nitrogens is 3. The van der Waals surface area contributed by atoms with Gasteiger partial charge in [0.2, 0.25) is 5.89 Å². The Morgan fingerprint density at radius 3 is 2.48 bits per heavy atom. The predicted octanol–water partition coefficient (Wildman–Crippen LogP) is 5.36. The lowest BCUT2D eigenvalue weighted by Gasteiger charge is -2.12. The van der Waals surface area contributed by atoms with Gasteiger partial charge in [-0.25, -0.2) is 4.79 Å². The summed E-state index contributed by atoms with van der Waals surface area (Å²) in [5.41, 5.74) is 5.30. The molecule has 0 aliphatic rings. The summed E-state index contributed by atoms with van der Waals surface area (Å²) in [6, 6.07) is 25.6. The molecule has 1 amide bonds. The fourth-order valence-corrected chi connectivity index (χ4v) is 3.98. The highest BCUT2D eigenvalue weighted by Crippen LogP contribution is 2.25. The van der Waals surface area contributed by atoms with E-state index in [1.165, 1.54) is 0 Å². The highest BCUT2D eigenvalue weighted by molar-refractivity contribution is 5.83. The molecule has 1 atom stereocenters. The molecule has 2 aromatic heterocycles. The van der Waals surface area contributed by atoms with Gasteiger partial charge < -0.3 is 19.9 Å². The van der Waals surface area contributed by atoms with Crippen molar-refractivity contribution in [2.24, 2.45) is 0 Å². The highest BCUT2D eigenvalue weighted by Gasteiger charge is 2.23. The number of hydrogen-bond acceptors (Lipinski definition) is 4. The predicted molar refractivity (Wildman–Crippen MR) is 125 cm³/mol. The Morgan fingerprint density at radius 1 is 0.970 bits per heavy atom. The highest BCUT2D eigenvalue weighted by atomic mass is 16.5. The summed E-state index contributed by atoms with van der Waals surface area (Å²) in [5, 5.41) is 17.0. The van der Waals surface area contributed by atoms with E-state index in [9.17, 15) is 9.90 Å². The molecule has 33 heavy (non-hydrogen) atoms. The van der Waals surface area contributed by atoms with Gasteiger partial charge in [-0.3, -0.25) is 0 Å². The first kappa shape index (κ1) is 20.5. The van der Waals surface area contributed by atoms with Gasteiger partial charge in [0.15, 0.2) is 5.82 Å². The number of fused-ring (bicyclic) bond motifs is 1. The molecule has 3 N–H and O–H groups in total. The van der Waals surface area contributed by atoms with Crippen molar-refractivity contribution in [3.8, 4) is 11.1 Å². The number of hydrogen-bond donors (Lipinski definition) is 3. The van der Waals surface area contributed by atoms with Crippen molar-refractivity contribution < 1.29 is 14.4 Å². The van der Waals surface area contributed by atoms with Crippen molar-refractivity contribution in [1.29, 1.82) is 0 Å². The van der Waals surface area contributed by atoms with Crippen LogP contribution in [0, 0.1) is 0 Å². The molecule has 3 aromatic carbocycles. The molecule has 0 aliphatic carbocycles. The minimum Gasteiger partial charge on any atom is -0.465 e. The van der Waals surface area contributed by atoms with Crippen molar-refractivity contribution >= 4 is 17.0 Å². The zero-order valence-corrected chi connectivity index (χ0v) is 17.7. The van der Waals surface area contributed by atoms with E-state index >= 15 is 0 Å². The SMILES string of the molecule is O=C(O)NC(Cc1c[nH]c2ccccc12)c1nc(Cc2ccc(-c3ccccc3)cc2)no1. The minimum atomic E-state index is -1.14. The van der Waals surface area contributed by atoms with Gasteiger partial charge in [-0.1, -0.05) is 78.0 Å². The van der Waals surface area contributed by atoms with Crippen molar-refractivity contribution in [1.82, 2.24) is 20.4 Å².